The molecule has 0 aliphatic carbocycles. The van der Waals surface area contributed by atoms with Gasteiger partial charge in [-0.05, 0) is 42.5 Å². The van der Waals surface area contributed by atoms with Crippen molar-refractivity contribution >= 4 is 21.8 Å². The number of hydrogen-bond donors (Lipinski definition) is 1. The summed E-state index contributed by atoms with van der Waals surface area (Å²) < 4.78 is 58.5. The molecule has 2 aromatic carbocycles. The molecule has 2 amide bonds. The van der Waals surface area contributed by atoms with Crippen molar-refractivity contribution in [2.45, 2.75) is 4.90 Å². The molecule has 1 saturated heterocycles. The van der Waals surface area contributed by atoms with E-state index in [1.54, 1.807) is 24.3 Å². The van der Waals surface area contributed by atoms with Crippen LogP contribution in [-0.2, 0) is 14.8 Å². The quantitative estimate of drug-likeness (QED) is 0.710. The fourth-order valence-corrected chi connectivity index (χ4v) is 4.60. The van der Waals surface area contributed by atoms with E-state index in [2.05, 4.69) is 5.32 Å². The molecule has 1 aliphatic rings. The van der Waals surface area contributed by atoms with Crippen molar-refractivity contribution in [3.05, 3.63) is 59.7 Å². The van der Waals surface area contributed by atoms with E-state index >= 15 is 0 Å². The number of amides is 2. The number of halogens is 2. The lowest BCUT2D eigenvalue weighted by atomic mass is 10.2. The van der Waals surface area contributed by atoms with Gasteiger partial charge in [0.2, 0.25) is 15.9 Å². The number of carbonyl (C=O) groups is 2. The van der Waals surface area contributed by atoms with Gasteiger partial charge in [0.15, 0.2) is 0 Å². The standard InChI is InChI=1S/C20H21F2N3O5S/c1-30-16-5-2-14(3-6-16)20(27)23-13-19(26)24-8-10-25(11-9-24)31(28,29)18-12-15(21)4-7-17(18)22/h2-7,12H,8-11,13H2,1H3,(H,23,27). The van der Waals surface area contributed by atoms with Crippen molar-refractivity contribution in [1.82, 2.24) is 14.5 Å². The van der Waals surface area contributed by atoms with E-state index in [1.807, 2.05) is 0 Å². The van der Waals surface area contributed by atoms with Crippen LogP contribution in [0.25, 0.3) is 0 Å². The lowest BCUT2D eigenvalue weighted by Gasteiger charge is -2.34. The number of rotatable bonds is 6. The highest BCUT2D eigenvalue weighted by Crippen LogP contribution is 2.21. The molecule has 0 aromatic heterocycles. The van der Waals surface area contributed by atoms with Crippen molar-refractivity contribution in [3.63, 3.8) is 0 Å². The molecule has 3 rings (SSSR count). The van der Waals surface area contributed by atoms with Crippen LogP contribution in [0.2, 0.25) is 0 Å². The van der Waals surface area contributed by atoms with Crippen LogP contribution < -0.4 is 10.1 Å². The van der Waals surface area contributed by atoms with Gasteiger partial charge in [-0.25, -0.2) is 17.2 Å². The average molecular weight is 453 g/mol. The summed E-state index contributed by atoms with van der Waals surface area (Å²) in [6.07, 6.45) is 0. The third kappa shape index (κ3) is 5.17. The number of methoxy groups -OCH3 is 1. The Hall–Kier alpha value is -3.05. The maximum Gasteiger partial charge on any atom is 0.251 e. The molecule has 0 radical (unpaired) electrons. The van der Waals surface area contributed by atoms with Crippen molar-refractivity contribution < 1.29 is 31.5 Å². The monoisotopic (exact) mass is 453 g/mol. The Morgan fingerprint density at radius 2 is 1.68 bits per heavy atom. The van der Waals surface area contributed by atoms with Crippen molar-refractivity contribution in [3.8, 4) is 5.75 Å². The number of carbonyl (C=O) groups excluding carboxylic acids is 2. The molecule has 166 valence electrons. The molecule has 11 heteroatoms. The van der Waals surface area contributed by atoms with Crippen molar-refractivity contribution in [2.75, 3.05) is 39.8 Å². The van der Waals surface area contributed by atoms with Gasteiger partial charge in [-0.1, -0.05) is 0 Å². The van der Waals surface area contributed by atoms with Crippen LogP contribution in [0.3, 0.4) is 0 Å². The fraction of sp³-hybridized carbons (Fsp3) is 0.300. The number of hydrogen-bond acceptors (Lipinski definition) is 5. The molecule has 0 bridgehead atoms. The van der Waals surface area contributed by atoms with E-state index in [4.69, 9.17) is 4.74 Å². The molecule has 1 N–H and O–H groups in total. The molecule has 1 fully saturated rings. The highest BCUT2D eigenvalue weighted by molar-refractivity contribution is 7.89. The van der Waals surface area contributed by atoms with E-state index < -0.39 is 32.5 Å². The SMILES string of the molecule is COc1ccc(C(=O)NCC(=O)N2CCN(S(=O)(=O)c3cc(F)ccc3F)CC2)cc1. The van der Waals surface area contributed by atoms with Crippen molar-refractivity contribution in [1.29, 1.82) is 0 Å². The minimum Gasteiger partial charge on any atom is -0.497 e. The van der Waals surface area contributed by atoms with E-state index in [-0.39, 0.29) is 38.6 Å². The zero-order valence-corrected chi connectivity index (χ0v) is 17.5. The first-order valence-electron chi connectivity index (χ1n) is 9.37. The first-order valence-corrected chi connectivity index (χ1v) is 10.8. The minimum atomic E-state index is -4.23. The predicted molar refractivity (Wildman–Crippen MR) is 107 cm³/mol. The molecule has 0 unspecified atom stereocenters. The van der Waals surface area contributed by atoms with Crippen LogP contribution in [0.15, 0.2) is 47.4 Å². The number of nitrogens with zero attached hydrogens (tertiary/aromatic N) is 2. The summed E-state index contributed by atoms with van der Waals surface area (Å²) in [5.41, 5.74) is 0.363. The van der Waals surface area contributed by atoms with Crippen LogP contribution in [0, 0.1) is 11.6 Å². The fourth-order valence-electron chi connectivity index (χ4n) is 3.10. The van der Waals surface area contributed by atoms with E-state index in [0.29, 0.717) is 17.4 Å². The van der Waals surface area contributed by atoms with Crippen LogP contribution in [-0.4, -0.2) is 69.3 Å². The second-order valence-electron chi connectivity index (χ2n) is 6.77. The molecule has 2 aromatic rings. The van der Waals surface area contributed by atoms with E-state index in [1.165, 1.54) is 12.0 Å². The Labute approximate surface area is 178 Å². The average Bonchev–Trinajstić information content (AvgIpc) is 2.78. The first-order chi connectivity index (χ1) is 14.7. The Bertz CT molecular complexity index is 1070. The van der Waals surface area contributed by atoms with E-state index in [0.717, 1.165) is 16.4 Å². The van der Waals surface area contributed by atoms with Gasteiger partial charge >= 0.3 is 0 Å². The van der Waals surface area contributed by atoms with Crippen molar-refractivity contribution in [2.24, 2.45) is 0 Å². The van der Waals surface area contributed by atoms with Gasteiger partial charge in [0, 0.05) is 31.7 Å². The lowest BCUT2D eigenvalue weighted by Crippen LogP contribution is -2.52. The van der Waals surface area contributed by atoms with Gasteiger partial charge in [-0.2, -0.15) is 4.31 Å². The summed E-state index contributed by atoms with van der Waals surface area (Å²) in [5, 5.41) is 2.52. The minimum absolute atomic E-state index is 0.0629. The van der Waals surface area contributed by atoms with Crippen LogP contribution >= 0.6 is 0 Å². The smallest absolute Gasteiger partial charge is 0.251 e. The molecule has 0 atom stereocenters. The maximum absolute atomic E-state index is 13.9. The molecule has 8 nitrogen and oxygen atoms in total. The molecule has 1 aliphatic heterocycles. The third-order valence-electron chi connectivity index (χ3n) is 4.85. The predicted octanol–water partition coefficient (Wildman–Crippen LogP) is 1.24. The van der Waals surface area contributed by atoms with Gasteiger partial charge in [0.05, 0.1) is 13.7 Å². The summed E-state index contributed by atoms with van der Waals surface area (Å²) in [5.74, 6) is -2.12. The normalized spacial score (nSPS) is 14.9. The summed E-state index contributed by atoms with van der Waals surface area (Å²) in [7, 11) is -2.72. The molecule has 0 saturated carbocycles. The maximum atomic E-state index is 13.9. The number of benzene rings is 2. The highest BCUT2D eigenvalue weighted by Gasteiger charge is 2.32. The molecule has 0 spiro atoms. The lowest BCUT2D eigenvalue weighted by molar-refractivity contribution is -0.131. The zero-order valence-electron chi connectivity index (χ0n) is 16.7. The van der Waals surface area contributed by atoms with Gasteiger partial charge in [-0.3, -0.25) is 9.59 Å². The van der Waals surface area contributed by atoms with Gasteiger partial charge in [-0.15, -0.1) is 0 Å². The molecular weight excluding hydrogens is 432 g/mol. The summed E-state index contributed by atoms with van der Waals surface area (Å²) >= 11 is 0. The topological polar surface area (TPSA) is 96.0 Å². The van der Waals surface area contributed by atoms with Crippen LogP contribution in [0.1, 0.15) is 10.4 Å². The molecule has 31 heavy (non-hydrogen) atoms. The Balaban J connectivity index is 1.54. The highest BCUT2D eigenvalue weighted by atomic mass is 32.2. The number of ether oxygens (including phenoxy) is 1. The molecule has 1 heterocycles. The van der Waals surface area contributed by atoms with Gasteiger partial charge in [0.1, 0.15) is 22.3 Å². The number of sulfonamides is 1. The molecular formula is C20H21F2N3O5S. The van der Waals surface area contributed by atoms with Gasteiger partial charge in [0.25, 0.3) is 5.91 Å². The Kier molecular flexibility index (Phi) is 6.86. The van der Waals surface area contributed by atoms with E-state index in [9.17, 15) is 26.8 Å². The van der Waals surface area contributed by atoms with Crippen LogP contribution in [0.4, 0.5) is 8.78 Å². The summed E-state index contributed by atoms with van der Waals surface area (Å²) in [6.45, 7) is -0.274. The first kappa shape index (κ1) is 22.6. The number of nitrogens with one attached hydrogen (secondary N) is 1. The Morgan fingerprint density at radius 3 is 2.29 bits per heavy atom. The Morgan fingerprint density at radius 1 is 1.03 bits per heavy atom. The summed E-state index contributed by atoms with van der Waals surface area (Å²) in [6, 6.07) is 8.60. The largest absolute Gasteiger partial charge is 0.497 e. The second-order valence-corrected chi connectivity index (χ2v) is 8.68. The zero-order chi connectivity index (χ0) is 22.6. The summed E-state index contributed by atoms with van der Waals surface area (Å²) in [4.78, 5) is 25.2. The van der Waals surface area contributed by atoms with Crippen LogP contribution in [0.5, 0.6) is 5.75 Å². The second kappa shape index (κ2) is 9.40. The number of piperazine rings is 1. The van der Waals surface area contributed by atoms with Gasteiger partial charge < -0.3 is 15.0 Å². The third-order valence-corrected chi connectivity index (χ3v) is 6.77.